The fraction of sp³-hybridized carbons (Fsp3) is 0.444. The molecule has 1 fully saturated rings. The lowest BCUT2D eigenvalue weighted by Gasteiger charge is -2.31. The topological polar surface area (TPSA) is 49.7 Å². The molecule has 1 aliphatic rings. The van der Waals surface area contributed by atoms with Gasteiger partial charge in [0.2, 0.25) is 0 Å². The number of H-pyrrole nitrogens is 1. The first-order valence-electron chi connectivity index (χ1n) is 8.38. The van der Waals surface area contributed by atoms with E-state index >= 15 is 0 Å². The number of likely N-dealkylation sites (tertiary alicyclic amines) is 1. The third-order valence-electron chi connectivity index (χ3n) is 4.85. The number of nitrogens with one attached hydrogen (secondary N) is 1. The van der Waals surface area contributed by atoms with E-state index in [1.54, 1.807) is 0 Å². The highest BCUT2D eigenvalue weighted by atomic mass is 15.2. The van der Waals surface area contributed by atoms with Gasteiger partial charge >= 0.3 is 0 Å². The maximum Gasteiger partial charge on any atom is 0.137 e. The van der Waals surface area contributed by atoms with Gasteiger partial charge in [-0.2, -0.15) is 5.10 Å². The Bertz CT molecular complexity index is 779. The number of hydrogen-bond acceptors (Lipinski definition) is 3. The van der Waals surface area contributed by atoms with Gasteiger partial charge in [-0.05, 0) is 56.0 Å². The van der Waals surface area contributed by atoms with E-state index in [1.807, 2.05) is 30.3 Å². The van der Waals surface area contributed by atoms with Gasteiger partial charge in [0.1, 0.15) is 5.65 Å². The fourth-order valence-electron chi connectivity index (χ4n) is 3.59. The molecule has 120 valence electrons. The highest BCUT2D eigenvalue weighted by Crippen LogP contribution is 2.23. The maximum absolute atomic E-state index is 4.50. The summed E-state index contributed by atoms with van der Waals surface area (Å²) >= 11 is 0. The van der Waals surface area contributed by atoms with Crippen molar-refractivity contribution in [3.05, 3.63) is 48.0 Å². The van der Waals surface area contributed by atoms with Gasteiger partial charge in [0.05, 0.1) is 6.20 Å². The van der Waals surface area contributed by atoms with Crippen LogP contribution >= 0.6 is 0 Å². The normalized spacial score (nSPS) is 17.1. The lowest BCUT2D eigenvalue weighted by atomic mass is 9.90. The molecule has 0 atom stereocenters. The minimum atomic E-state index is 0.776. The molecule has 1 aliphatic heterocycles. The number of rotatable bonds is 4. The average Bonchev–Trinajstić information content (AvgIpc) is 3.17. The number of pyridine rings is 1. The molecule has 3 aromatic heterocycles. The number of fused-ring (bicyclic) bond motifs is 1. The van der Waals surface area contributed by atoms with Crippen molar-refractivity contribution in [1.82, 2.24) is 24.6 Å². The van der Waals surface area contributed by atoms with E-state index in [1.165, 1.54) is 42.4 Å². The smallest absolute Gasteiger partial charge is 0.137 e. The van der Waals surface area contributed by atoms with E-state index in [9.17, 15) is 0 Å². The van der Waals surface area contributed by atoms with Crippen LogP contribution in [0.5, 0.6) is 0 Å². The predicted octanol–water partition coefficient (Wildman–Crippen LogP) is 2.75. The maximum atomic E-state index is 4.50. The van der Waals surface area contributed by atoms with Crippen molar-refractivity contribution in [3.63, 3.8) is 0 Å². The van der Waals surface area contributed by atoms with Crippen molar-refractivity contribution in [2.75, 3.05) is 13.1 Å². The molecular formula is C18H23N5. The molecule has 0 aromatic carbocycles. The average molecular weight is 309 g/mol. The molecule has 0 spiro atoms. The molecule has 0 aliphatic carbocycles. The van der Waals surface area contributed by atoms with E-state index in [-0.39, 0.29) is 0 Å². The molecule has 1 N–H and O–H groups in total. The van der Waals surface area contributed by atoms with Crippen LogP contribution in [0.15, 0.2) is 36.9 Å². The zero-order valence-corrected chi connectivity index (χ0v) is 13.6. The third-order valence-corrected chi connectivity index (χ3v) is 4.85. The number of nitrogens with zero attached hydrogens (tertiary/aromatic N) is 4. The minimum Gasteiger partial charge on any atom is -0.346 e. The molecule has 5 nitrogen and oxygen atoms in total. The number of hydrogen-bond donors (Lipinski definition) is 1. The minimum absolute atomic E-state index is 0.776. The molecule has 23 heavy (non-hydrogen) atoms. The van der Waals surface area contributed by atoms with Gasteiger partial charge in [-0.25, -0.2) is 4.98 Å². The van der Waals surface area contributed by atoms with Crippen LogP contribution in [0.4, 0.5) is 0 Å². The Labute approximate surface area is 136 Å². The second kappa shape index (κ2) is 6.16. The Balaban J connectivity index is 1.32. The zero-order valence-electron chi connectivity index (χ0n) is 13.6. The molecule has 0 saturated carbocycles. The van der Waals surface area contributed by atoms with E-state index in [0.717, 1.165) is 24.5 Å². The molecule has 3 aromatic rings. The zero-order chi connectivity index (χ0) is 15.6. The monoisotopic (exact) mass is 309 g/mol. The SMILES string of the molecule is Cn1cc(CN2CCC(Cc3cnc4[nH]ccc4c3)CC2)cn1. The summed E-state index contributed by atoms with van der Waals surface area (Å²) in [6.07, 6.45) is 11.8. The molecule has 5 heteroatoms. The van der Waals surface area contributed by atoms with Gasteiger partial charge in [0, 0.05) is 43.1 Å². The molecule has 0 unspecified atom stereocenters. The van der Waals surface area contributed by atoms with Gasteiger partial charge in [0.25, 0.3) is 0 Å². The summed E-state index contributed by atoms with van der Waals surface area (Å²) in [5.41, 5.74) is 3.66. The van der Waals surface area contributed by atoms with E-state index in [0.29, 0.717) is 0 Å². The number of aromatic amines is 1. The second-order valence-corrected chi connectivity index (χ2v) is 6.70. The van der Waals surface area contributed by atoms with E-state index in [4.69, 9.17) is 0 Å². The molecular weight excluding hydrogens is 286 g/mol. The van der Waals surface area contributed by atoms with Crippen LogP contribution in [0.3, 0.4) is 0 Å². The summed E-state index contributed by atoms with van der Waals surface area (Å²) in [5, 5.41) is 5.47. The highest BCUT2D eigenvalue weighted by molar-refractivity contribution is 5.75. The summed E-state index contributed by atoms with van der Waals surface area (Å²) in [7, 11) is 1.98. The summed E-state index contributed by atoms with van der Waals surface area (Å²) in [4.78, 5) is 10.2. The van der Waals surface area contributed by atoms with Gasteiger partial charge in [0.15, 0.2) is 0 Å². The Morgan fingerprint density at radius 1 is 1.22 bits per heavy atom. The molecule has 4 rings (SSSR count). The molecule has 0 bridgehead atoms. The predicted molar refractivity (Wildman–Crippen MR) is 91.0 cm³/mol. The second-order valence-electron chi connectivity index (χ2n) is 6.70. The van der Waals surface area contributed by atoms with E-state index in [2.05, 4.69) is 38.3 Å². The van der Waals surface area contributed by atoms with Crippen molar-refractivity contribution in [2.45, 2.75) is 25.8 Å². The van der Waals surface area contributed by atoms with Crippen molar-refractivity contribution in [2.24, 2.45) is 13.0 Å². The van der Waals surface area contributed by atoms with Crippen molar-refractivity contribution < 1.29 is 0 Å². The highest BCUT2D eigenvalue weighted by Gasteiger charge is 2.20. The van der Waals surface area contributed by atoms with Gasteiger partial charge in [-0.15, -0.1) is 0 Å². The Kier molecular flexibility index (Phi) is 3.87. The van der Waals surface area contributed by atoms with Crippen LogP contribution in [-0.2, 0) is 20.0 Å². The van der Waals surface area contributed by atoms with Crippen molar-refractivity contribution >= 4 is 11.0 Å². The van der Waals surface area contributed by atoms with Gasteiger partial charge in [-0.3, -0.25) is 9.58 Å². The van der Waals surface area contributed by atoms with Crippen LogP contribution in [0, 0.1) is 5.92 Å². The quantitative estimate of drug-likeness (QED) is 0.806. The summed E-state index contributed by atoms with van der Waals surface area (Å²) in [6.45, 7) is 3.39. The Hall–Kier alpha value is -2.14. The van der Waals surface area contributed by atoms with Crippen LogP contribution < -0.4 is 0 Å². The first kappa shape index (κ1) is 14.5. The fourth-order valence-corrected chi connectivity index (χ4v) is 3.59. The Morgan fingerprint density at radius 3 is 2.87 bits per heavy atom. The molecule has 0 amide bonds. The first-order chi connectivity index (χ1) is 11.3. The van der Waals surface area contributed by atoms with Crippen molar-refractivity contribution in [1.29, 1.82) is 0 Å². The molecule has 0 radical (unpaired) electrons. The summed E-state index contributed by atoms with van der Waals surface area (Å²) in [5.74, 6) is 0.776. The summed E-state index contributed by atoms with van der Waals surface area (Å²) in [6, 6.07) is 4.38. The van der Waals surface area contributed by atoms with Gasteiger partial charge < -0.3 is 4.98 Å². The van der Waals surface area contributed by atoms with Crippen molar-refractivity contribution in [3.8, 4) is 0 Å². The van der Waals surface area contributed by atoms with Gasteiger partial charge in [-0.1, -0.05) is 0 Å². The summed E-state index contributed by atoms with van der Waals surface area (Å²) < 4.78 is 1.88. The van der Waals surface area contributed by atoms with Crippen LogP contribution in [-0.4, -0.2) is 37.7 Å². The largest absolute Gasteiger partial charge is 0.346 e. The lowest BCUT2D eigenvalue weighted by molar-refractivity contribution is 0.177. The van der Waals surface area contributed by atoms with Crippen LogP contribution in [0.1, 0.15) is 24.0 Å². The Morgan fingerprint density at radius 2 is 2.09 bits per heavy atom. The lowest BCUT2D eigenvalue weighted by Crippen LogP contribution is -2.33. The van der Waals surface area contributed by atoms with Crippen LogP contribution in [0.25, 0.3) is 11.0 Å². The standard InChI is InChI=1S/C18H23N5/c1-22-12-16(11-21-22)13-23-6-3-14(4-7-23)8-15-9-17-2-5-19-18(17)20-10-15/h2,5,9-12,14H,3-4,6-8,13H2,1H3,(H,19,20). The van der Waals surface area contributed by atoms with E-state index < -0.39 is 0 Å². The molecule has 4 heterocycles. The number of aromatic nitrogens is 4. The van der Waals surface area contributed by atoms with Crippen LogP contribution in [0.2, 0.25) is 0 Å². The first-order valence-corrected chi connectivity index (χ1v) is 8.38. The number of aryl methyl sites for hydroxylation is 1. The number of piperidine rings is 1. The molecule has 1 saturated heterocycles. The third kappa shape index (κ3) is 3.29.